The molecule has 0 radical (unpaired) electrons. The van der Waals surface area contributed by atoms with E-state index in [1.54, 1.807) is 23.1 Å². The highest BCUT2D eigenvalue weighted by molar-refractivity contribution is 8.23. The normalized spacial score (nSPS) is 17.3. The third-order valence-corrected chi connectivity index (χ3v) is 8.25. The molecule has 0 aromatic heterocycles. The number of aryl methyl sites for hydroxylation is 1. The largest absolute Gasteiger partial charge is 0.358 e. The van der Waals surface area contributed by atoms with Gasteiger partial charge in [0.25, 0.3) is 0 Å². The van der Waals surface area contributed by atoms with Crippen LogP contribution in [0.2, 0.25) is 0 Å². The molecule has 0 N–H and O–H groups in total. The van der Waals surface area contributed by atoms with E-state index in [0.29, 0.717) is 12.3 Å². The third kappa shape index (κ3) is 4.47. The van der Waals surface area contributed by atoms with Gasteiger partial charge in [-0.05, 0) is 49.4 Å². The Morgan fingerprint density at radius 1 is 1.19 bits per heavy atom. The Bertz CT molecular complexity index is 833. The van der Waals surface area contributed by atoms with E-state index >= 15 is 0 Å². The third-order valence-electron chi connectivity index (χ3n) is 4.93. The minimum absolute atomic E-state index is 0.0192. The molecule has 27 heavy (non-hydrogen) atoms. The van der Waals surface area contributed by atoms with E-state index in [9.17, 15) is 13.2 Å². The maximum Gasteiger partial charge on any atom is 0.242 e. The summed E-state index contributed by atoms with van der Waals surface area (Å²) >= 11 is 6.87. The lowest BCUT2D eigenvalue weighted by Gasteiger charge is -2.30. The zero-order chi connectivity index (χ0) is 19.6. The van der Waals surface area contributed by atoms with Gasteiger partial charge >= 0.3 is 0 Å². The number of thiocarbonyl (C=S) groups is 1. The Balaban J connectivity index is 1.72. The highest BCUT2D eigenvalue weighted by atomic mass is 32.2. The second-order valence-corrected chi connectivity index (χ2v) is 10.7. The predicted octanol–water partition coefficient (Wildman–Crippen LogP) is 2.33. The minimum atomic E-state index is -3.48. The fourth-order valence-corrected chi connectivity index (χ4v) is 5.48. The molecule has 0 aliphatic carbocycles. The predicted molar refractivity (Wildman–Crippen MR) is 114 cm³/mol. The van der Waals surface area contributed by atoms with Crippen LogP contribution in [0.25, 0.3) is 0 Å². The van der Waals surface area contributed by atoms with Crippen LogP contribution in [0.4, 0.5) is 5.69 Å². The molecule has 0 unspecified atom stereocenters. The number of sulfonamides is 1. The molecule has 1 aromatic rings. The SMILES string of the molecule is CN(C)S(=O)(=O)c1ccc2c(c1)CCCN2C(=O)CSC(=S)N1CCCC1. The number of anilines is 1. The molecule has 0 bridgehead atoms. The van der Waals surface area contributed by atoms with Gasteiger partial charge < -0.3 is 9.80 Å². The summed E-state index contributed by atoms with van der Waals surface area (Å²) in [6.07, 6.45) is 3.92. The molecule has 6 nitrogen and oxygen atoms in total. The van der Waals surface area contributed by atoms with Gasteiger partial charge in [-0.2, -0.15) is 0 Å². The summed E-state index contributed by atoms with van der Waals surface area (Å²) in [4.78, 5) is 17.0. The molecule has 0 spiro atoms. The van der Waals surface area contributed by atoms with E-state index in [4.69, 9.17) is 12.2 Å². The van der Waals surface area contributed by atoms with Crippen molar-refractivity contribution in [2.24, 2.45) is 0 Å². The number of amides is 1. The number of rotatable bonds is 4. The van der Waals surface area contributed by atoms with E-state index in [2.05, 4.69) is 4.90 Å². The van der Waals surface area contributed by atoms with Crippen molar-refractivity contribution in [3.63, 3.8) is 0 Å². The molecule has 2 aliphatic heterocycles. The highest BCUT2D eigenvalue weighted by Gasteiger charge is 2.26. The molecule has 1 fully saturated rings. The number of fused-ring (bicyclic) bond motifs is 1. The first kappa shape index (κ1) is 20.6. The first-order valence-corrected chi connectivity index (χ1v) is 11.9. The summed E-state index contributed by atoms with van der Waals surface area (Å²) < 4.78 is 26.7. The van der Waals surface area contributed by atoms with Crippen LogP contribution in [0.1, 0.15) is 24.8 Å². The number of hydrogen-bond donors (Lipinski definition) is 0. The molecule has 1 aromatic carbocycles. The van der Waals surface area contributed by atoms with Gasteiger partial charge in [0, 0.05) is 39.4 Å². The van der Waals surface area contributed by atoms with Gasteiger partial charge in [0.1, 0.15) is 4.32 Å². The lowest BCUT2D eigenvalue weighted by molar-refractivity contribution is -0.116. The quantitative estimate of drug-likeness (QED) is 0.688. The van der Waals surface area contributed by atoms with Crippen molar-refractivity contribution in [2.45, 2.75) is 30.6 Å². The topological polar surface area (TPSA) is 60.9 Å². The maximum atomic E-state index is 12.8. The number of hydrogen-bond acceptors (Lipinski definition) is 5. The molecule has 1 amide bonds. The molecule has 0 atom stereocenters. The lowest BCUT2D eigenvalue weighted by atomic mass is 10.0. The second kappa shape index (κ2) is 8.46. The zero-order valence-electron chi connectivity index (χ0n) is 15.7. The Morgan fingerprint density at radius 3 is 2.56 bits per heavy atom. The number of nitrogens with zero attached hydrogens (tertiary/aromatic N) is 3. The van der Waals surface area contributed by atoms with Crippen LogP contribution >= 0.6 is 24.0 Å². The number of likely N-dealkylation sites (tertiary alicyclic amines) is 1. The number of benzene rings is 1. The first-order chi connectivity index (χ1) is 12.8. The fraction of sp³-hybridized carbons (Fsp3) is 0.556. The van der Waals surface area contributed by atoms with Gasteiger partial charge in [-0.25, -0.2) is 12.7 Å². The van der Waals surface area contributed by atoms with Crippen LogP contribution in [0.15, 0.2) is 23.1 Å². The summed E-state index contributed by atoms with van der Waals surface area (Å²) in [7, 11) is -0.438. The van der Waals surface area contributed by atoms with Crippen molar-refractivity contribution >= 4 is 49.9 Å². The molecule has 1 saturated heterocycles. The number of carbonyl (C=O) groups excluding carboxylic acids is 1. The standard InChI is InChI=1S/C18H25N3O3S3/c1-19(2)27(23,24)15-7-8-16-14(12-15)6-5-11-21(16)17(22)13-26-18(25)20-9-3-4-10-20/h7-8,12H,3-6,9-11,13H2,1-2H3. The summed E-state index contributed by atoms with van der Waals surface area (Å²) in [6.45, 7) is 2.62. The van der Waals surface area contributed by atoms with Crippen molar-refractivity contribution in [2.75, 3.05) is 44.4 Å². The molecule has 2 aliphatic rings. The van der Waals surface area contributed by atoms with Gasteiger partial charge in [0.15, 0.2) is 0 Å². The van der Waals surface area contributed by atoms with E-state index in [1.807, 2.05) is 0 Å². The minimum Gasteiger partial charge on any atom is -0.358 e. The maximum absolute atomic E-state index is 12.8. The van der Waals surface area contributed by atoms with Crippen molar-refractivity contribution in [3.8, 4) is 0 Å². The first-order valence-electron chi connectivity index (χ1n) is 9.08. The van der Waals surface area contributed by atoms with Crippen molar-refractivity contribution < 1.29 is 13.2 Å². The van der Waals surface area contributed by atoms with Crippen molar-refractivity contribution in [1.82, 2.24) is 9.21 Å². The molecule has 148 valence electrons. The van der Waals surface area contributed by atoms with Crippen molar-refractivity contribution in [3.05, 3.63) is 23.8 Å². The van der Waals surface area contributed by atoms with Crippen LogP contribution in [0.5, 0.6) is 0 Å². The molecular weight excluding hydrogens is 402 g/mol. The summed E-state index contributed by atoms with van der Waals surface area (Å²) in [5.41, 5.74) is 1.72. The average molecular weight is 428 g/mol. The van der Waals surface area contributed by atoms with Crippen LogP contribution in [-0.4, -0.2) is 67.3 Å². The van der Waals surface area contributed by atoms with Gasteiger partial charge in [-0.15, -0.1) is 0 Å². The number of thioether (sulfide) groups is 1. The Labute approximate surface area is 170 Å². The van der Waals surface area contributed by atoms with E-state index < -0.39 is 10.0 Å². The smallest absolute Gasteiger partial charge is 0.242 e. The molecule has 9 heteroatoms. The van der Waals surface area contributed by atoms with Crippen LogP contribution in [0.3, 0.4) is 0 Å². The molecule has 0 saturated carbocycles. The van der Waals surface area contributed by atoms with Crippen LogP contribution < -0.4 is 4.90 Å². The van der Waals surface area contributed by atoms with Gasteiger partial charge in [0.05, 0.1) is 10.6 Å². The fourth-order valence-electron chi connectivity index (χ4n) is 3.40. The average Bonchev–Trinajstić information content (AvgIpc) is 3.19. The molecule has 3 rings (SSSR count). The molecular formula is C18H25N3O3S3. The van der Waals surface area contributed by atoms with Crippen LogP contribution in [0, 0.1) is 0 Å². The van der Waals surface area contributed by atoms with E-state index in [-0.39, 0.29) is 10.8 Å². The Hall–Kier alpha value is -1.16. The molecule has 2 heterocycles. The lowest BCUT2D eigenvalue weighted by Crippen LogP contribution is -2.37. The second-order valence-electron chi connectivity index (χ2n) is 6.98. The highest BCUT2D eigenvalue weighted by Crippen LogP contribution is 2.31. The summed E-state index contributed by atoms with van der Waals surface area (Å²) in [6, 6.07) is 5.04. The van der Waals surface area contributed by atoms with Gasteiger partial charge in [-0.1, -0.05) is 24.0 Å². The number of carbonyl (C=O) groups is 1. The van der Waals surface area contributed by atoms with Gasteiger partial charge in [-0.3, -0.25) is 4.79 Å². The Kier molecular flexibility index (Phi) is 6.45. The Morgan fingerprint density at radius 2 is 1.89 bits per heavy atom. The summed E-state index contributed by atoms with van der Waals surface area (Å²) in [5, 5.41) is 0. The van der Waals surface area contributed by atoms with E-state index in [0.717, 1.165) is 54.3 Å². The van der Waals surface area contributed by atoms with Crippen molar-refractivity contribution in [1.29, 1.82) is 0 Å². The van der Waals surface area contributed by atoms with Crippen LogP contribution in [-0.2, 0) is 21.2 Å². The van der Waals surface area contributed by atoms with E-state index in [1.165, 1.54) is 30.2 Å². The summed E-state index contributed by atoms with van der Waals surface area (Å²) in [5.74, 6) is 0.331. The monoisotopic (exact) mass is 427 g/mol. The zero-order valence-corrected chi connectivity index (χ0v) is 18.1. The van der Waals surface area contributed by atoms with Gasteiger partial charge in [0.2, 0.25) is 15.9 Å².